The largest absolute Gasteiger partial charge is 0.468 e. The number of nitrogens with zero attached hydrogens (tertiary/aromatic N) is 3. The van der Waals surface area contributed by atoms with Crippen molar-refractivity contribution in [3.05, 3.63) is 84.1 Å². The van der Waals surface area contributed by atoms with E-state index in [4.69, 9.17) is 4.42 Å². The molecule has 9 nitrogen and oxygen atoms in total. The third-order valence-electron chi connectivity index (χ3n) is 5.93. The lowest BCUT2D eigenvalue weighted by Gasteiger charge is -2.10. The van der Waals surface area contributed by atoms with Crippen molar-refractivity contribution in [3.8, 4) is 11.4 Å². The highest BCUT2D eigenvalue weighted by molar-refractivity contribution is 7.89. The first-order valence-corrected chi connectivity index (χ1v) is 12.9. The summed E-state index contributed by atoms with van der Waals surface area (Å²) in [5, 5.41) is 11.5. The van der Waals surface area contributed by atoms with Crippen molar-refractivity contribution in [2.45, 2.75) is 43.7 Å². The van der Waals surface area contributed by atoms with Gasteiger partial charge in [-0.1, -0.05) is 12.5 Å². The van der Waals surface area contributed by atoms with Gasteiger partial charge in [-0.15, -0.1) is 10.2 Å². The molecule has 0 unspecified atom stereocenters. The van der Waals surface area contributed by atoms with E-state index < -0.39 is 15.9 Å². The Hall–Kier alpha value is -3.76. The van der Waals surface area contributed by atoms with Crippen molar-refractivity contribution in [1.29, 1.82) is 0 Å². The number of carbonyl (C=O) groups is 1. The van der Waals surface area contributed by atoms with E-state index in [2.05, 4.69) is 24.8 Å². The quantitative estimate of drug-likeness (QED) is 0.403. The van der Waals surface area contributed by atoms with Crippen LogP contribution < -0.4 is 10.0 Å². The predicted octanol–water partition coefficient (Wildman–Crippen LogP) is 4.00. The fraction of sp³-hybridized carbons (Fsp3) is 0.240. The van der Waals surface area contributed by atoms with Crippen LogP contribution >= 0.6 is 0 Å². The molecule has 1 aliphatic rings. The van der Waals surface area contributed by atoms with Crippen molar-refractivity contribution >= 4 is 21.6 Å². The van der Waals surface area contributed by atoms with Gasteiger partial charge < -0.3 is 14.3 Å². The number of aromatic nitrogens is 3. The summed E-state index contributed by atoms with van der Waals surface area (Å²) in [6.07, 6.45) is 5.85. The summed E-state index contributed by atoms with van der Waals surface area (Å²) in [6.45, 7) is 0.930. The Bertz CT molecular complexity index is 1430. The van der Waals surface area contributed by atoms with E-state index >= 15 is 0 Å². The van der Waals surface area contributed by atoms with Gasteiger partial charge in [-0.25, -0.2) is 13.1 Å². The Morgan fingerprint density at radius 3 is 2.66 bits per heavy atom. The van der Waals surface area contributed by atoms with Crippen LogP contribution in [0.3, 0.4) is 0 Å². The summed E-state index contributed by atoms with van der Waals surface area (Å²) < 4.78 is 35.1. The summed E-state index contributed by atoms with van der Waals surface area (Å²) in [6, 6.07) is 16.7. The van der Waals surface area contributed by atoms with Gasteiger partial charge in [-0.05, 0) is 67.4 Å². The highest BCUT2D eigenvalue weighted by Crippen LogP contribution is 2.24. The number of fused-ring (bicyclic) bond motifs is 1. The molecule has 2 aromatic heterocycles. The lowest BCUT2D eigenvalue weighted by atomic mass is 10.1. The Balaban J connectivity index is 1.27. The maximum absolute atomic E-state index is 12.8. The summed E-state index contributed by atoms with van der Waals surface area (Å²) in [5.41, 5.74) is 1.76. The van der Waals surface area contributed by atoms with Gasteiger partial charge in [0, 0.05) is 29.8 Å². The Morgan fingerprint density at radius 1 is 1.00 bits per heavy atom. The molecule has 1 aliphatic heterocycles. The molecule has 0 fully saturated rings. The molecule has 0 aliphatic carbocycles. The van der Waals surface area contributed by atoms with E-state index in [0.717, 1.165) is 43.0 Å². The minimum absolute atomic E-state index is 0.000414. The third kappa shape index (κ3) is 5.18. The van der Waals surface area contributed by atoms with Gasteiger partial charge in [0.2, 0.25) is 10.0 Å². The van der Waals surface area contributed by atoms with Crippen LogP contribution in [0.1, 0.15) is 41.2 Å². The van der Waals surface area contributed by atoms with E-state index in [1.54, 1.807) is 30.3 Å². The molecule has 5 rings (SSSR count). The first kappa shape index (κ1) is 23.0. The zero-order valence-electron chi connectivity index (χ0n) is 19.0. The molecule has 2 aromatic carbocycles. The van der Waals surface area contributed by atoms with Gasteiger partial charge >= 0.3 is 0 Å². The van der Waals surface area contributed by atoms with Gasteiger partial charge in [0.25, 0.3) is 5.91 Å². The Morgan fingerprint density at radius 2 is 1.86 bits per heavy atom. The molecule has 35 heavy (non-hydrogen) atoms. The number of sulfonamides is 1. The van der Waals surface area contributed by atoms with Crippen molar-refractivity contribution in [3.63, 3.8) is 0 Å². The maximum atomic E-state index is 12.8. The van der Waals surface area contributed by atoms with Crippen LogP contribution in [0, 0.1) is 0 Å². The van der Waals surface area contributed by atoms with Crippen LogP contribution in [0.15, 0.2) is 76.2 Å². The van der Waals surface area contributed by atoms with Crippen LogP contribution in [0.2, 0.25) is 0 Å². The monoisotopic (exact) mass is 491 g/mol. The number of rotatable bonds is 7. The summed E-state index contributed by atoms with van der Waals surface area (Å²) in [7, 11) is -3.81. The number of hydrogen-bond acceptors (Lipinski definition) is 6. The Kier molecular flexibility index (Phi) is 6.47. The number of benzene rings is 2. The van der Waals surface area contributed by atoms with E-state index in [1.807, 2.05) is 12.1 Å². The van der Waals surface area contributed by atoms with E-state index in [0.29, 0.717) is 11.4 Å². The van der Waals surface area contributed by atoms with Crippen LogP contribution in [0.25, 0.3) is 11.4 Å². The molecule has 0 radical (unpaired) electrons. The second-order valence-corrected chi connectivity index (χ2v) is 10.1. The number of amides is 1. The van der Waals surface area contributed by atoms with Crippen LogP contribution in [0.4, 0.5) is 5.69 Å². The Labute approximate surface area is 203 Å². The lowest BCUT2D eigenvalue weighted by molar-refractivity contribution is 0.102. The lowest BCUT2D eigenvalue weighted by Crippen LogP contribution is -2.23. The molecule has 0 atom stereocenters. The van der Waals surface area contributed by atoms with Crippen LogP contribution in [0.5, 0.6) is 0 Å². The minimum Gasteiger partial charge on any atom is -0.468 e. The highest BCUT2D eigenvalue weighted by Gasteiger charge is 2.18. The normalized spacial score (nSPS) is 13.7. The van der Waals surface area contributed by atoms with Crippen molar-refractivity contribution in [1.82, 2.24) is 19.5 Å². The van der Waals surface area contributed by atoms with Gasteiger partial charge in [0.05, 0.1) is 17.7 Å². The standard InChI is InChI=1S/C25H25N5O4S/c31-25(19-6-4-8-22(16-19)35(32,33)26-17-21-7-5-15-34-21)27-20-12-10-18(11-13-20)24-29-28-23-9-2-1-3-14-30(23)24/h4-8,10-13,15-16,26H,1-3,9,14,17H2,(H,27,31). The topological polar surface area (TPSA) is 119 Å². The van der Waals surface area contributed by atoms with Gasteiger partial charge in [-0.3, -0.25) is 4.79 Å². The minimum atomic E-state index is -3.81. The fourth-order valence-corrected chi connectivity index (χ4v) is 5.11. The smallest absolute Gasteiger partial charge is 0.255 e. The van der Waals surface area contributed by atoms with Crippen molar-refractivity contribution in [2.24, 2.45) is 0 Å². The average Bonchev–Trinajstić information content (AvgIpc) is 3.48. The molecule has 1 amide bonds. The van der Waals surface area contributed by atoms with Gasteiger partial charge in [0.15, 0.2) is 5.82 Å². The van der Waals surface area contributed by atoms with Gasteiger partial charge in [-0.2, -0.15) is 0 Å². The van der Waals surface area contributed by atoms with Crippen LogP contribution in [-0.4, -0.2) is 29.1 Å². The zero-order valence-corrected chi connectivity index (χ0v) is 19.8. The van der Waals surface area contributed by atoms with E-state index in [-0.39, 0.29) is 17.0 Å². The molecular formula is C25H25N5O4S. The molecular weight excluding hydrogens is 466 g/mol. The molecule has 4 aromatic rings. The van der Waals surface area contributed by atoms with Crippen molar-refractivity contribution in [2.75, 3.05) is 5.32 Å². The molecule has 0 bridgehead atoms. The predicted molar refractivity (Wildman–Crippen MR) is 130 cm³/mol. The summed E-state index contributed by atoms with van der Waals surface area (Å²) in [4.78, 5) is 12.8. The van der Waals surface area contributed by atoms with E-state index in [9.17, 15) is 13.2 Å². The molecule has 10 heteroatoms. The summed E-state index contributed by atoms with van der Waals surface area (Å²) >= 11 is 0. The number of carbonyl (C=O) groups excluding carboxylic acids is 1. The molecule has 2 N–H and O–H groups in total. The first-order chi connectivity index (χ1) is 17.0. The molecule has 3 heterocycles. The molecule has 180 valence electrons. The summed E-state index contributed by atoms with van der Waals surface area (Å²) in [5.74, 6) is 1.94. The third-order valence-corrected chi connectivity index (χ3v) is 7.33. The fourth-order valence-electron chi connectivity index (χ4n) is 4.07. The van der Waals surface area contributed by atoms with Crippen molar-refractivity contribution < 1.29 is 17.6 Å². The zero-order chi connectivity index (χ0) is 24.3. The SMILES string of the molecule is O=C(Nc1ccc(-c2nnc3n2CCCCC3)cc1)c1cccc(S(=O)(=O)NCc2ccco2)c1. The highest BCUT2D eigenvalue weighted by atomic mass is 32.2. The first-order valence-electron chi connectivity index (χ1n) is 11.5. The maximum Gasteiger partial charge on any atom is 0.255 e. The number of nitrogens with one attached hydrogen (secondary N) is 2. The number of hydrogen-bond donors (Lipinski definition) is 2. The molecule has 0 saturated heterocycles. The van der Waals surface area contributed by atoms with Crippen LogP contribution in [-0.2, 0) is 29.5 Å². The number of furan rings is 1. The number of anilines is 1. The molecule has 0 spiro atoms. The van der Waals surface area contributed by atoms with E-state index in [1.165, 1.54) is 30.9 Å². The number of aryl methyl sites for hydroxylation is 1. The average molecular weight is 492 g/mol. The second kappa shape index (κ2) is 9.85. The molecule has 0 saturated carbocycles. The van der Waals surface area contributed by atoms with Gasteiger partial charge in [0.1, 0.15) is 11.6 Å². The second-order valence-electron chi connectivity index (χ2n) is 8.37.